The molecular formula is C14H15ClN2O4. The van der Waals surface area contributed by atoms with E-state index >= 15 is 0 Å². The quantitative estimate of drug-likeness (QED) is 0.894. The average Bonchev–Trinajstić information content (AvgIpc) is 2.89. The molecule has 1 atom stereocenters. The highest BCUT2D eigenvalue weighted by Crippen LogP contribution is 2.26. The van der Waals surface area contributed by atoms with Crippen LogP contribution in [0.2, 0.25) is 5.02 Å². The van der Waals surface area contributed by atoms with E-state index in [-0.39, 0.29) is 16.5 Å². The average molecular weight is 311 g/mol. The molecule has 1 fully saturated rings. The third kappa shape index (κ3) is 3.33. The molecule has 1 aromatic carbocycles. The molecule has 0 spiro atoms. The van der Waals surface area contributed by atoms with Crippen LogP contribution in [0, 0.1) is 0 Å². The van der Waals surface area contributed by atoms with Gasteiger partial charge in [-0.25, -0.2) is 4.79 Å². The summed E-state index contributed by atoms with van der Waals surface area (Å²) in [4.78, 5) is 36.0. The zero-order valence-electron chi connectivity index (χ0n) is 11.4. The van der Waals surface area contributed by atoms with Crippen molar-refractivity contribution < 1.29 is 19.5 Å². The number of carboxylic acid groups (broad SMARTS) is 1. The Morgan fingerprint density at radius 3 is 2.71 bits per heavy atom. The number of benzene rings is 1. The highest BCUT2D eigenvalue weighted by molar-refractivity contribution is 6.34. The van der Waals surface area contributed by atoms with Crippen LogP contribution in [-0.4, -0.2) is 40.4 Å². The van der Waals surface area contributed by atoms with Crippen molar-refractivity contribution in [3.8, 4) is 0 Å². The van der Waals surface area contributed by atoms with Crippen LogP contribution in [0.5, 0.6) is 0 Å². The minimum Gasteiger partial charge on any atom is -0.480 e. The van der Waals surface area contributed by atoms with Crippen LogP contribution in [-0.2, 0) is 9.59 Å². The first-order chi connectivity index (χ1) is 9.90. The standard InChI is InChI=1S/C14H15ClN2O4/c1-8(18)16-9-4-5-11(15)10(7-9)13(19)17-6-2-3-12(17)14(20)21/h4-5,7,12H,2-3,6H2,1H3,(H,16,18)(H,20,21)/t12-/m0/s1. The predicted molar refractivity (Wildman–Crippen MR) is 77.5 cm³/mol. The van der Waals surface area contributed by atoms with Gasteiger partial charge in [0.25, 0.3) is 5.91 Å². The summed E-state index contributed by atoms with van der Waals surface area (Å²) in [5.74, 6) is -1.72. The Balaban J connectivity index is 2.29. The fraction of sp³-hybridized carbons (Fsp3) is 0.357. The number of aliphatic carboxylic acids is 1. The molecule has 1 heterocycles. The molecule has 1 aromatic rings. The summed E-state index contributed by atoms with van der Waals surface area (Å²) in [6.45, 7) is 1.74. The molecule has 0 unspecified atom stereocenters. The lowest BCUT2D eigenvalue weighted by Gasteiger charge is -2.22. The van der Waals surface area contributed by atoms with Crippen molar-refractivity contribution in [2.75, 3.05) is 11.9 Å². The number of anilines is 1. The zero-order valence-corrected chi connectivity index (χ0v) is 12.2. The molecule has 1 aliphatic heterocycles. The van der Waals surface area contributed by atoms with E-state index in [1.165, 1.54) is 24.0 Å². The summed E-state index contributed by atoms with van der Waals surface area (Å²) in [7, 11) is 0. The first-order valence-electron chi connectivity index (χ1n) is 6.51. The van der Waals surface area contributed by atoms with E-state index in [2.05, 4.69) is 5.32 Å². The molecule has 2 N–H and O–H groups in total. The van der Waals surface area contributed by atoms with Crippen molar-refractivity contribution in [1.29, 1.82) is 0 Å². The maximum absolute atomic E-state index is 12.5. The van der Waals surface area contributed by atoms with Gasteiger partial charge in [0.1, 0.15) is 6.04 Å². The molecule has 0 bridgehead atoms. The van der Waals surface area contributed by atoms with Gasteiger partial charge in [-0.1, -0.05) is 11.6 Å². The van der Waals surface area contributed by atoms with Gasteiger partial charge in [0.15, 0.2) is 0 Å². The number of hydrogen-bond donors (Lipinski definition) is 2. The van der Waals surface area contributed by atoms with E-state index in [0.29, 0.717) is 25.1 Å². The number of nitrogens with one attached hydrogen (secondary N) is 1. The number of hydrogen-bond acceptors (Lipinski definition) is 3. The highest BCUT2D eigenvalue weighted by Gasteiger charge is 2.35. The predicted octanol–water partition coefficient (Wildman–Crippen LogP) is 1.99. The number of likely N-dealkylation sites (tertiary alicyclic amines) is 1. The second kappa shape index (κ2) is 6.13. The van der Waals surface area contributed by atoms with Crippen molar-refractivity contribution >= 4 is 35.1 Å². The molecule has 0 aromatic heterocycles. The van der Waals surface area contributed by atoms with Crippen molar-refractivity contribution in [2.45, 2.75) is 25.8 Å². The summed E-state index contributed by atoms with van der Waals surface area (Å²) in [6, 6.07) is 3.73. The van der Waals surface area contributed by atoms with Crippen molar-refractivity contribution in [3.05, 3.63) is 28.8 Å². The number of carboxylic acids is 1. The Kier molecular flexibility index (Phi) is 4.47. The second-order valence-corrected chi connectivity index (χ2v) is 5.28. The zero-order chi connectivity index (χ0) is 15.6. The maximum atomic E-state index is 12.5. The lowest BCUT2D eigenvalue weighted by molar-refractivity contribution is -0.141. The first kappa shape index (κ1) is 15.3. The largest absolute Gasteiger partial charge is 0.480 e. The maximum Gasteiger partial charge on any atom is 0.326 e. The van der Waals surface area contributed by atoms with E-state index in [1.807, 2.05) is 0 Å². The Hall–Kier alpha value is -2.08. The fourth-order valence-electron chi connectivity index (χ4n) is 2.39. The van der Waals surface area contributed by atoms with Gasteiger partial charge < -0.3 is 15.3 Å². The second-order valence-electron chi connectivity index (χ2n) is 4.87. The van der Waals surface area contributed by atoms with Crippen LogP contribution in [0.15, 0.2) is 18.2 Å². The molecule has 21 heavy (non-hydrogen) atoms. The Morgan fingerprint density at radius 2 is 2.10 bits per heavy atom. The normalized spacial score (nSPS) is 17.6. The molecule has 6 nitrogen and oxygen atoms in total. The molecule has 1 aliphatic rings. The van der Waals surface area contributed by atoms with Crippen LogP contribution < -0.4 is 5.32 Å². The summed E-state index contributed by atoms with van der Waals surface area (Å²) in [5.41, 5.74) is 0.636. The van der Waals surface area contributed by atoms with E-state index < -0.39 is 17.9 Å². The summed E-state index contributed by atoms with van der Waals surface area (Å²) < 4.78 is 0. The SMILES string of the molecule is CC(=O)Nc1ccc(Cl)c(C(=O)N2CCC[C@H]2C(=O)O)c1. The van der Waals surface area contributed by atoms with Crippen molar-refractivity contribution in [3.63, 3.8) is 0 Å². The van der Waals surface area contributed by atoms with Gasteiger partial charge in [-0.05, 0) is 31.0 Å². The molecular weight excluding hydrogens is 296 g/mol. The lowest BCUT2D eigenvalue weighted by atomic mass is 10.1. The van der Waals surface area contributed by atoms with Crippen molar-refractivity contribution in [1.82, 2.24) is 4.90 Å². The van der Waals surface area contributed by atoms with Crippen LogP contribution in [0.1, 0.15) is 30.1 Å². The van der Waals surface area contributed by atoms with E-state index in [4.69, 9.17) is 16.7 Å². The minimum atomic E-state index is -1.02. The van der Waals surface area contributed by atoms with Gasteiger partial charge >= 0.3 is 5.97 Å². The van der Waals surface area contributed by atoms with E-state index in [0.717, 1.165) is 0 Å². The van der Waals surface area contributed by atoms with Crippen molar-refractivity contribution in [2.24, 2.45) is 0 Å². The number of halogens is 1. The smallest absolute Gasteiger partial charge is 0.326 e. The number of carbonyl (C=O) groups excluding carboxylic acids is 2. The summed E-state index contributed by atoms with van der Waals surface area (Å²) in [6.07, 6.45) is 1.08. The Bertz CT molecular complexity index is 603. The van der Waals surface area contributed by atoms with Gasteiger partial charge in [0.2, 0.25) is 5.91 Å². The van der Waals surface area contributed by atoms with E-state index in [9.17, 15) is 14.4 Å². The molecule has 112 valence electrons. The van der Waals surface area contributed by atoms with Crippen LogP contribution in [0.3, 0.4) is 0 Å². The van der Waals surface area contributed by atoms with Crippen LogP contribution in [0.4, 0.5) is 5.69 Å². The summed E-state index contributed by atoms with van der Waals surface area (Å²) in [5, 5.41) is 11.9. The van der Waals surface area contributed by atoms with Crippen LogP contribution in [0.25, 0.3) is 0 Å². The lowest BCUT2D eigenvalue weighted by Crippen LogP contribution is -2.40. The van der Waals surface area contributed by atoms with Gasteiger partial charge in [-0.3, -0.25) is 9.59 Å². The summed E-state index contributed by atoms with van der Waals surface area (Å²) >= 11 is 6.03. The number of nitrogens with zero attached hydrogens (tertiary/aromatic N) is 1. The van der Waals surface area contributed by atoms with E-state index in [1.54, 1.807) is 6.07 Å². The van der Waals surface area contributed by atoms with Gasteiger partial charge in [0, 0.05) is 19.2 Å². The topological polar surface area (TPSA) is 86.7 Å². The molecule has 1 saturated heterocycles. The van der Waals surface area contributed by atoms with Crippen LogP contribution >= 0.6 is 11.6 Å². The number of rotatable bonds is 3. The van der Waals surface area contributed by atoms with Gasteiger partial charge in [0.05, 0.1) is 10.6 Å². The van der Waals surface area contributed by atoms with Gasteiger partial charge in [-0.15, -0.1) is 0 Å². The van der Waals surface area contributed by atoms with Gasteiger partial charge in [-0.2, -0.15) is 0 Å². The number of carbonyl (C=O) groups is 3. The molecule has 0 saturated carbocycles. The minimum absolute atomic E-state index is 0.191. The Morgan fingerprint density at radius 1 is 1.38 bits per heavy atom. The molecule has 7 heteroatoms. The third-order valence-electron chi connectivity index (χ3n) is 3.32. The monoisotopic (exact) mass is 310 g/mol. The molecule has 0 radical (unpaired) electrons. The molecule has 0 aliphatic carbocycles. The molecule has 2 amide bonds. The first-order valence-corrected chi connectivity index (χ1v) is 6.89. The highest BCUT2D eigenvalue weighted by atomic mass is 35.5. The molecule has 2 rings (SSSR count). The fourth-order valence-corrected chi connectivity index (χ4v) is 2.59. The third-order valence-corrected chi connectivity index (χ3v) is 3.65. The Labute approximate surface area is 126 Å². The number of amides is 2.